The van der Waals surface area contributed by atoms with Crippen LogP contribution in [0.25, 0.3) is 33.3 Å². The Hall–Kier alpha value is -4.58. The predicted octanol–water partition coefficient (Wildman–Crippen LogP) is 6.64. The minimum atomic E-state index is -0.184. The number of methoxy groups -OCH3 is 1. The van der Waals surface area contributed by atoms with Crippen molar-refractivity contribution in [3.05, 3.63) is 95.0 Å². The standard InChI is InChI=1S/C30H22ClN5O2S/c1-38-19-11-12-24-18(13-19)14-21(28(35-24)17-7-3-2-4-8-17)25(37)16-39-30-22(15-32)26(27(33)29(34)36-30)20-9-5-6-10-23(20)31/h2-14H,16,33H2,1H3,(H2,34,36). The molecule has 4 N–H and O–H groups in total. The molecule has 3 aromatic carbocycles. The number of hydrogen-bond donors (Lipinski definition) is 2. The molecular weight excluding hydrogens is 530 g/mol. The zero-order chi connectivity index (χ0) is 27.5. The minimum Gasteiger partial charge on any atom is -0.497 e. The summed E-state index contributed by atoms with van der Waals surface area (Å²) in [6.07, 6.45) is 0. The van der Waals surface area contributed by atoms with Crippen LogP contribution in [0.15, 0.2) is 83.9 Å². The third-order valence-electron chi connectivity index (χ3n) is 6.20. The third kappa shape index (κ3) is 5.10. The molecule has 0 saturated carbocycles. The number of hydrogen-bond acceptors (Lipinski definition) is 8. The van der Waals surface area contributed by atoms with Crippen LogP contribution in [0.1, 0.15) is 15.9 Å². The zero-order valence-electron chi connectivity index (χ0n) is 20.8. The molecule has 9 heteroatoms. The molecule has 2 heterocycles. The number of pyridine rings is 2. The number of anilines is 2. The highest BCUT2D eigenvalue weighted by atomic mass is 35.5. The normalized spacial score (nSPS) is 10.8. The van der Waals surface area contributed by atoms with Gasteiger partial charge in [-0.3, -0.25) is 4.79 Å². The Morgan fingerprint density at radius 2 is 1.77 bits per heavy atom. The molecule has 0 amide bonds. The fourth-order valence-electron chi connectivity index (χ4n) is 4.27. The van der Waals surface area contributed by atoms with Crippen molar-refractivity contribution in [3.63, 3.8) is 0 Å². The van der Waals surface area contributed by atoms with Crippen molar-refractivity contribution < 1.29 is 9.53 Å². The fourth-order valence-corrected chi connectivity index (χ4v) is 5.38. The van der Waals surface area contributed by atoms with Gasteiger partial charge >= 0.3 is 0 Å². The number of nitrogens with zero attached hydrogens (tertiary/aromatic N) is 3. The van der Waals surface area contributed by atoms with Gasteiger partial charge in [-0.15, -0.1) is 0 Å². The van der Waals surface area contributed by atoms with Gasteiger partial charge in [-0.25, -0.2) is 9.97 Å². The summed E-state index contributed by atoms with van der Waals surface area (Å²) in [6, 6.07) is 26.1. The molecule has 0 aliphatic heterocycles. The van der Waals surface area contributed by atoms with E-state index in [1.165, 1.54) is 0 Å². The van der Waals surface area contributed by atoms with Crippen LogP contribution in [-0.4, -0.2) is 28.6 Å². The van der Waals surface area contributed by atoms with Crippen molar-refractivity contribution in [2.45, 2.75) is 5.03 Å². The number of aromatic nitrogens is 2. The maximum Gasteiger partial charge on any atom is 0.175 e. The van der Waals surface area contributed by atoms with Crippen LogP contribution >= 0.6 is 23.4 Å². The molecule has 0 bridgehead atoms. The molecule has 0 atom stereocenters. The maximum absolute atomic E-state index is 13.7. The van der Waals surface area contributed by atoms with Crippen LogP contribution in [0.5, 0.6) is 5.75 Å². The van der Waals surface area contributed by atoms with E-state index in [1.54, 1.807) is 31.4 Å². The quantitative estimate of drug-likeness (QED) is 0.170. The minimum absolute atomic E-state index is 0.00993. The second-order valence-corrected chi connectivity index (χ2v) is 9.95. The maximum atomic E-state index is 13.7. The van der Waals surface area contributed by atoms with Crippen molar-refractivity contribution in [1.29, 1.82) is 5.26 Å². The molecule has 0 aliphatic carbocycles. The highest BCUT2D eigenvalue weighted by Gasteiger charge is 2.22. The van der Waals surface area contributed by atoms with Crippen LogP contribution in [0.2, 0.25) is 5.02 Å². The van der Waals surface area contributed by atoms with Gasteiger partial charge in [-0.2, -0.15) is 5.26 Å². The molecule has 0 aliphatic rings. The van der Waals surface area contributed by atoms with E-state index in [1.807, 2.05) is 54.6 Å². The molecular formula is C30H22ClN5O2S. The van der Waals surface area contributed by atoms with Gasteiger partial charge in [0.25, 0.3) is 0 Å². The lowest BCUT2D eigenvalue weighted by molar-refractivity contribution is 0.102. The van der Waals surface area contributed by atoms with E-state index >= 15 is 0 Å². The summed E-state index contributed by atoms with van der Waals surface area (Å²) >= 11 is 7.53. The molecule has 192 valence electrons. The Bertz CT molecular complexity index is 1770. The number of fused-ring (bicyclic) bond motifs is 1. The number of carbonyl (C=O) groups is 1. The molecule has 2 aromatic heterocycles. The number of carbonyl (C=O) groups excluding carboxylic acids is 1. The summed E-state index contributed by atoms with van der Waals surface area (Å²) in [5.74, 6) is 0.529. The van der Waals surface area contributed by atoms with Gasteiger partial charge in [0.05, 0.1) is 35.3 Å². The first kappa shape index (κ1) is 26.0. The summed E-state index contributed by atoms with van der Waals surface area (Å²) in [4.78, 5) is 22.8. The lowest BCUT2D eigenvalue weighted by atomic mass is 10.00. The number of nitriles is 1. The summed E-state index contributed by atoms with van der Waals surface area (Å²) in [7, 11) is 1.59. The average molecular weight is 552 g/mol. The van der Waals surface area contributed by atoms with E-state index in [0.29, 0.717) is 38.2 Å². The topological polar surface area (TPSA) is 128 Å². The SMILES string of the molecule is COc1ccc2nc(-c3ccccc3)c(C(=O)CSc3nc(N)c(N)c(-c4ccccc4Cl)c3C#N)cc2c1. The lowest BCUT2D eigenvalue weighted by Gasteiger charge is -2.15. The Labute approximate surface area is 234 Å². The number of benzene rings is 3. The first-order valence-corrected chi connectivity index (χ1v) is 13.2. The lowest BCUT2D eigenvalue weighted by Crippen LogP contribution is -2.09. The third-order valence-corrected chi connectivity index (χ3v) is 7.50. The highest BCUT2D eigenvalue weighted by molar-refractivity contribution is 8.00. The van der Waals surface area contributed by atoms with Gasteiger partial charge in [-0.05, 0) is 30.3 Å². The number of thioether (sulfide) groups is 1. The van der Waals surface area contributed by atoms with Gasteiger partial charge in [-0.1, -0.05) is 71.9 Å². The number of nitrogens with two attached hydrogens (primary N) is 2. The van der Waals surface area contributed by atoms with Crippen molar-refractivity contribution in [1.82, 2.24) is 9.97 Å². The monoisotopic (exact) mass is 551 g/mol. The number of ether oxygens (including phenoxy) is 1. The van der Waals surface area contributed by atoms with E-state index in [-0.39, 0.29) is 28.6 Å². The molecule has 0 radical (unpaired) electrons. The summed E-state index contributed by atoms with van der Waals surface area (Å²) in [5.41, 5.74) is 16.3. The first-order chi connectivity index (χ1) is 18.9. The molecule has 5 aromatic rings. The Morgan fingerprint density at radius 3 is 2.49 bits per heavy atom. The van der Waals surface area contributed by atoms with E-state index in [2.05, 4.69) is 11.1 Å². The Morgan fingerprint density at radius 1 is 1.03 bits per heavy atom. The number of nitrogen functional groups attached to an aromatic ring is 2. The number of rotatable bonds is 7. The van der Waals surface area contributed by atoms with Crippen molar-refractivity contribution in [2.24, 2.45) is 0 Å². The largest absolute Gasteiger partial charge is 0.497 e. The second kappa shape index (κ2) is 11.0. The van der Waals surface area contributed by atoms with Gasteiger partial charge in [0.1, 0.15) is 22.7 Å². The molecule has 0 fully saturated rings. The van der Waals surface area contributed by atoms with Crippen molar-refractivity contribution >= 4 is 51.6 Å². The molecule has 0 unspecified atom stereocenters. The molecule has 0 spiro atoms. The molecule has 7 nitrogen and oxygen atoms in total. The van der Waals surface area contributed by atoms with Crippen molar-refractivity contribution in [3.8, 4) is 34.2 Å². The molecule has 5 rings (SSSR count). The van der Waals surface area contributed by atoms with Crippen LogP contribution < -0.4 is 16.2 Å². The Kier molecular flexibility index (Phi) is 7.37. The number of halogens is 1. The van der Waals surface area contributed by atoms with Crippen LogP contribution in [0.4, 0.5) is 11.5 Å². The number of Topliss-reactive ketones (excluding diaryl/α,β-unsaturated/α-hetero) is 1. The zero-order valence-corrected chi connectivity index (χ0v) is 22.4. The van der Waals surface area contributed by atoms with Gasteiger partial charge < -0.3 is 16.2 Å². The Balaban J connectivity index is 1.56. The van der Waals surface area contributed by atoms with Crippen LogP contribution in [0, 0.1) is 11.3 Å². The summed E-state index contributed by atoms with van der Waals surface area (Å²) < 4.78 is 5.36. The van der Waals surface area contributed by atoms with Gasteiger partial charge in [0.15, 0.2) is 5.78 Å². The van der Waals surface area contributed by atoms with Gasteiger partial charge in [0.2, 0.25) is 0 Å². The van der Waals surface area contributed by atoms with E-state index < -0.39 is 0 Å². The van der Waals surface area contributed by atoms with E-state index in [0.717, 1.165) is 28.2 Å². The average Bonchev–Trinajstić information content (AvgIpc) is 2.97. The second-order valence-electron chi connectivity index (χ2n) is 8.58. The van der Waals surface area contributed by atoms with Crippen LogP contribution in [-0.2, 0) is 0 Å². The molecule has 0 saturated heterocycles. The predicted molar refractivity (Wildman–Crippen MR) is 157 cm³/mol. The fraction of sp³-hybridized carbons (Fsp3) is 0.0667. The first-order valence-electron chi connectivity index (χ1n) is 11.9. The van der Waals surface area contributed by atoms with Crippen molar-refractivity contribution in [2.75, 3.05) is 24.3 Å². The van der Waals surface area contributed by atoms with E-state index in [4.69, 9.17) is 32.8 Å². The number of ketones is 1. The summed E-state index contributed by atoms with van der Waals surface area (Å²) in [6.45, 7) is 0. The summed E-state index contributed by atoms with van der Waals surface area (Å²) in [5, 5.41) is 11.5. The van der Waals surface area contributed by atoms with Gasteiger partial charge in [0, 0.05) is 32.7 Å². The highest BCUT2D eigenvalue weighted by Crippen LogP contribution is 2.40. The van der Waals surface area contributed by atoms with Crippen LogP contribution in [0.3, 0.4) is 0 Å². The molecule has 39 heavy (non-hydrogen) atoms. The smallest absolute Gasteiger partial charge is 0.175 e. The van der Waals surface area contributed by atoms with E-state index in [9.17, 15) is 10.1 Å².